The second kappa shape index (κ2) is 6.39. The van der Waals surface area contributed by atoms with E-state index in [1.165, 1.54) is 18.2 Å². The minimum absolute atomic E-state index is 0.00366. The Morgan fingerprint density at radius 1 is 1.24 bits per heavy atom. The number of hydrogen-bond acceptors (Lipinski definition) is 2. The first kappa shape index (κ1) is 15.7. The summed E-state index contributed by atoms with van der Waals surface area (Å²) in [6, 6.07) is 8.66. The lowest BCUT2D eigenvalue weighted by molar-refractivity contribution is 0.102. The van der Waals surface area contributed by atoms with Crippen LogP contribution in [0.2, 0.25) is 10.0 Å². The van der Waals surface area contributed by atoms with Crippen LogP contribution in [0.25, 0.3) is 0 Å². The molecule has 1 amide bonds. The molecule has 7 heteroatoms. The molecule has 0 aliphatic heterocycles. The number of anilines is 1. The lowest BCUT2D eigenvalue weighted by atomic mass is 10.1. The minimum atomic E-state index is -0.646. The van der Waals surface area contributed by atoms with E-state index in [0.717, 1.165) is 6.07 Å². The Labute approximate surface area is 135 Å². The summed E-state index contributed by atoms with van der Waals surface area (Å²) in [5, 5.41) is 2.77. The Morgan fingerprint density at radius 3 is 2.57 bits per heavy atom. The molecule has 2 rings (SSSR count). The van der Waals surface area contributed by atoms with Gasteiger partial charge in [-0.25, -0.2) is 4.39 Å². The highest BCUT2D eigenvalue weighted by Gasteiger charge is 2.14. The topological polar surface area (TPSA) is 55.1 Å². The molecule has 0 aliphatic rings. The fraction of sp³-hybridized carbons (Fsp3) is 0. The van der Waals surface area contributed by atoms with Crippen LogP contribution in [-0.4, -0.2) is 10.9 Å². The smallest absolute Gasteiger partial charge is 0.257 e. The number of rotatable bonds is 3. The molecule has 0 fully saturated rings. The first-order valence-electron chi connectivity index (χ1n) is 5.75. The summed E-state index contributed by atoms with van der Waals surface area (Å²) in [6.07, 6.45) is 0. The zero-order valence-corrected chi connectivity index (χ0v) is 12.8. The molecule has 2 aromatic carbocycles. The predicted octanol–water partition coefficient (Wildman–Crippen LogP) is 4.02. The summed E-state index contributed by atoms with van der Waals surface area (Å²) in [5.74, 6) is -1.21. The van der Waals surface area contributed by atoms with Gasteiger partial charge in [0.15, 0.2) is 0 Å². The van der Waals surface area contributed by atoms with E-state index in [4.69, 9.17) is 41.2 Å². The van der Waals surface area contributed by atoms with Gasteiger partial charge < -0.3 is 11.1 Å². The van der Waals surface area contributed by atoms with Crippen LogP contribution in [0, 0.1) is 5.82 Å². The van der Waals surface area contributed by atoms with Crippen LogP contribution in [0.3, 0.4) is 0 Å². The molecule has 0 aliphatic carbocycles. The summed E-state index contributed by atoms with van der Waals surface area (Å²) in [7, 11) is 0. The number of nitrogens with one attached hydrogen (secondary N) is 1. The molecule has 0 atom stereocenters. The summed E-state index contributed by atoms with van der Waals surface area (Å²) in [5.41, 5.74) is 5.93. The van der Waals surface area contributed by atoms with E-state index >= 15 is 0 Å². The van der Waals surface area contributed by atoms with E-state index in [2.05, 4.69) is 5.32 Å². The molecule has 2 aromatic rings. The fourth-order valence-corrected chi connectivity index (χ4v) is 2.15. The van der Waals surface area contributed by atoms with Crippen LogP contribution >= 0.6 is 35.4 Å². The Morgan fingerprint density at radius 2 is 1.95 bits per heavy atom. The SMILES string of the molecule is NC(=S)c1ccc(NC(=O)c2cccc(Cl)c2Cl)c(F)c1. The number of nitrogens with two attached hydrogens (primary N) is 1. The molecule has 3 N–H and O–H groups in total. The standard InChI is InChI=1S/C14H9Cl2FN2OS/c15-9-3-1-2-8(12(9)16)14(20)19-11-5-4-7(13(18)21)6-10(11)17/h1-6H,(H2,18,21)(H,19,20). The Kier molecular flexibility index (Phi) is 4.77. The van der Waals surface area contributed by atoms with E-state index in [1.807, 2.05) is 0 Å². The molecule has 0 unspecified atom stereocenters. The van der Waals surface area contributed by atoms with Gasteiger partial charge >= 0.3 is 0 Å². The van der Waals surface area contributed by atoms with Crippen molar-refractivity contribution in [3.8, 4) is 0 Å². The third kappa shape index (κ3) is 3.50. The monoisotopic (exact) mass is 342 g/mol. The van der Waals surface area contributed by atoms with Crippen molar-refractivity contribution in [2.75, 3.05) is 5.32 Å². The fourth-order valence-electron chi connectivity index (χ4n) is 1.64. The average molecular weight is 343 g/mol. The Balaban J connectivity index is 2.28. The van der Waals surface area contributed by atoms with Crippen molar-refractivity contribution in [2.24, 2.45) is 5.73 Å². The van der Waals surface area contributed by atoms with Gasteiger partial charge in [0, 0.05) is 5.56 Å². The molecule has 0 saturated heterocycles. The lowest BCUT2D eigenvalue weighted by Crippen LogP contribution is -2.15. The lowest BCUT2D eigenvalue weighted by Gasteiger charge is -2.09. The number of halogens is 3. The molecular weight excluding hydrogens is 334 g/mol. The van der Waals surface area contributed by atoms with Crippen molar-refractivity contribution in [1.29, 1.82) is 0 Å². The minimum Gasteiger partial charge on any atom is -0.389 e. The van der Waals surface area contributed by atoms with Gasteiger partial charge in [-0.3, -0.25) is 4.79 Å². The molecule has 3 nitrogen and oxygen atoms in total. The molecule has 0 bridgehead atoms. The number of thiocarbonyl (C=S) groups is 1. The largest absolute Gasteiger partial charge is 0.389 e. The van der Waals surface area contributed by atoms with Crippen molar-refractivity contribution in [3.63, 3.8) is 0 Å². The zero-order valence-electron chi connectivity index (χ0n) is 10.5. The van der Waals surface area contributed by atoms with Gasteiger partial charge in [0.1, 0.15) is 10.8 Å². The van der Waals surface area contributed by atoms with Crippen LogP contribution in [-0.2, 0) is 0 Å². The molecule has 0 saturated carbocycles. The molecule has 21 heavy (non-hydrogen) atoms. The first-order valence-corrected chi connectivity index (χ1v) is 6.91. The summed E-state index contributed by atoms with van der Waals surface area (Å²) in [4.78, 5) is 12.2. The number of amides is 1. The second-order valence-corrected chi connectivity index (χ2v) is 5.34. The van der Waals surface area contributed by atoms with Crippen molar-refractivity contribution in [3.05, 3.63) is 63.4 Å². The van der Waals surface area contributed by atoms with Crippen molar-refractivity contribution in [1.82, 2.24) is 0 Å². The van der Waals surface area contributed by atoms with Crippen molar-refractivity contribution < 1.29 is 9.18 Å². The Hall–Kier alpha value is -1.69. The van der Waals surface area contributed by atoms with Crippen LogP contribution in [0.15, 0.2) is 36.4 Å². The van der Waals surface area contributed by atoms with Crippen molar-refractivity contribution in [2.45, 2.75) is 0 Å². The van der Waals surface area contributed by atoms with Gasteiger partial charge in [-0.15, -0.1) is 0 Å². The van der Waals surface area contributed by atoms with Crippen LogP contribution < -0.4 is 11.1 Å². The number of carbonyl (C=O) groups excluding carboxylic acids is 1. The van der Waals surface area contributed by atoms with E-state index in [0.29, 0.717) is 5.56 Å². The number of hydrogen-bond donors (Lipinski definition) is 2. The van der Waals surface area contributed by atoms with E-state index in [-0.39, 0.29) is 26.3 Å². The molecule has 0 spiro atoms. The van der Waals surface area contributed by atoms with E-state index in [1.54, 1.807) is 12.1 Å². The van der Waals surface area contributed by atoms with Crippen molar-refractivity contribution >= 4 is 52.0 Å². The maximum absolute atomic E-state index is 13.9. The van der Waals surface area contributed by atoms with Crippen LogP contribution in [0.4, 0.5) is 10.1 Å². The Bertz CT molecular complexity index is 737. The highest BCUT2D eigenvalue weighted by atomic mass is 35.5. The molecule has 0 aromatic heterocycles. The second-order valence-electron chi connectivity index (χ2n) is 4.11. The first-order chi connectivity index (χ1) is 9.90. The maximum Gasteiger partial charge on any atom is 0.257 e. The summed E-state index contributed by atoms with van der Waals surface area (Å²) >= 11 is 16.5. The summed E-state index contributed by atoms with van der Waals surface area (Å²) < 4.78 is 13.9. The van der Waals surface area contributed by atoms with Gasteiger partial charge in [0.2, 0.25) is 0 Å². The van der Waals surface area contributed by atoms with Gasteiger partial charge in [-0.05, 0) is 30.3 Å². The quantitative estimate of drug-likeness (QED) is 0.828. The van der Waals surface area contributed by atoms with Gasteiger partial charge in [0.05, 0.1) is 21.3 Å². The van der Waals surface area contributed by atoms with Gasteiger partial charge in [-0.2, -0.15) is 0 Å². The number of carbonyl (C=O) groups is 1. The molecular formula is C14H9Cl2FN2OS. The highest BCUT2D eigenvalue weighted by molar-refractivity contribution is 7.80. The average Bonchev–Trinajstić information content (AvgIpc) is 2.43. The molecule has 108 valence electrons. The highest BCUT2D eigenvalue weighted by Crippen LogP contribution is 2.26. The zero-order chi connectivity index (χ0) is 15.6. The molecule has 0 heterocycles. The normalized spacial score (nSPS) is 10.2. The molecule has 0 radical (unpaired) electrons. The predicted molar refractivity (Wildman–Crippen MR) is 86.7 cm³/mol. The maximum atomic E-state index is 13.9. The van der Waals surface area contributed by atoms with Gasteiger partial charge in [0.25, 0.3) is 5.91 Å². The van der Waals surface area contributed by atoms with E-state index < -0.39 is 11.7 Å². The van der Waals surface area contributed by atoms with Gasteiger partial charge in [-0.1, -0.05) is 41.5 Å². The van der Waals surface area contributed by atoms with E-state index in [9.17, 15) is 9.18 Å². The third-order valence-corrected chi connectivity index (χ3v) is 3.75. The van der Waals surface area contributed by atoms with Crippen LogP contribution in [0.5, 0.6) is 0 Å². The third-order valence-electron chi connectivity index (χ3n) is 2.70. The van der Waals surface area contributed by atoms with Crippen LogP contribution in [0.1, 0.15) is 15.9 Å². The summed E-state index contributed by atoms with van der Waals surface area (Å²) in [6.45, 7) is 0. The number of benzene rings is 2.